The maximum Gasteiger partial charge on any atom is 0.237 e. The van der Waals surface area contributed by atoms with Crippen molar-refractivity contribution in [3.8, 4) is 0 Å². The third-order valence-corrected chi connectivity index (χ3v) is 3.20. The average molecular weight is 226 g/mol. The molecule has 1 heterocycles. The van der Waals surface area contributed by atoms with E-state index in [1.54, 1.807) is 18.4 Å². The Balaban J connectivity index is 2.36. The van der Waals surface area contributed by atoms with E-state index in [-0.39, 0.29) is 18.0 Å². The molecule has 2 atom stereocenters. The van der Waals surface area contributed by atoms with Crippen LogP contribution >= 0.6 is 11.3 Å². The first kappa shape index (κ1) is 12.2. The third-order valence-electron chi connectivity index (χ3n) is 2.30. The molecule has 0 fully saturated rings. The van der Waals surface area contributed by atoms with Crippen LogP contribution < -0.4 is 10.6 Å². The van der Waals surface area contributed by atoms with Crippen LogP contribution in [-0.2, 0) is 11.2 Å². The molecule has 1 aromatic heterocycles. The van der Waals surface area contributed by atoms with Crippen LogP contribution in [0.3, 0.4) is 0 Å². The number of hydrogen-bond donors (Lipinski definition) is 2. The van der Waals surface area contributed by atoms with Gasteiger partial charge in [-0.25, -0.2) is 0 Å². The average Bonchev–Trinajstić information content (AvgIpc) is 2.68. The lowest BCUT2D eigenvalue weighted by molar-refractivity contribution is -0.123. The molecule has 1 rings (SSSR count). The largest absolute Gasteiger partial charge is 0.352 e. The van der Waals surface area contributed by atoms with E-state index in [1.807, 2.05) is 19.9 Å². The summed E-state index contributed by atoms with van der Waals surface area (Å²) in [4.78, 5) is 12.8. The Hall–Kier alpha value is -0.870. The van der Waals surface area contributed by atoms with Gasteiger partial charge in [-0.15, -0.1) is 11.3 Å². The van der Waals surface area contributed by atoms with Gasteiger partial charge in [0.25, 0.3) is 0 Å². The number of carbonyl (C=O) groups excluding carboxylic acids is 1. The summed E-state index contributed by atoms with van der Waals surface area (Å²) in [5.74, 6) is 0.0570. The van der Waals surface area contributed by atoms with Gasteiger partial charge in [0, 0.05) is 17.3 Å². The molecule has 15 heavy (non-hydrogen) atoms. The molecule has 0 bridgehead atoms. The fourth-order valence-electron chi connectivity index (χ4n) is 1.28. The minimum absolute atomic E-state index is 0.0570. The van der Waals surface area contributed by atoms with Crippen LogP contribution in [0.5, 0.6) is 0 Å². The standard InChI is InChI=1S/C11H18N2OS/c1-8(7-10-5-4-6-15-10)13-11(14)9(2)12-3/h4-6,8-9,12H,7H2,1-3H3,(H,13,14). The van der Waals surface area contributed by atoms with Crippen LogP contribution in [0.25, 0.3) is 0 Å². The maximum absolute atomic E-state index is 11.5. The Bertz CT molecular complexity index is 298. The van der Waals surface area contributed by atoms with Gasteiger partial charge in [-0.05, 0) is 32.3 Å². The lowest BCUT2D eigenvalue weighted by Gasteiger charge is -2.16. The van der Waals surface area contributed by atoms with Crippen molar-refractivity contribution in [1.29, 1.82) is 0 Å². The molecule has 0 aliphatic carbocycles. The van der Waals surface area contributed by atoms with Crippen molar-refractivity contribution < 1.29 is 4.79 Å². The fourth-order valence-corrected chi connectivity index (χ4v) is 2.12. The molecule has 3 nitrogen and oxygen atoms in total. The number of nitrogens with one attached hydrogen (secondary N) is 2. The van der Waals surface area contributed by atoms with E-state index >= 15 is 0 Å². The monoisotopic (exact) mass is 226 g/mol. The smallest absolute Gasteiger partial charge is 0.237 e. The van der Waals surface area contributed by atoms with Gasteiger partial charge in [0.1, 0.15) is 0 Å². The fraction of sp³-hybridized carbons (Fsp3) is 0.545. The third kappa shape index (κ3) is 4.01. The lowest BCUT2D eigenvalue weighted by Crippen LogP contribution is -2.44. The highest BCUT2D eigenvalue weighted by Gasteiger charge is 2.13. The van der Waals surface area contributed by atoms with Crippen LogP contribution in [0, 0.1) is 0 Å². The van der Waals surface area contributed by atoms with E-state index < -0.39 is 0 Å². The summed E-state index contributed by atoms with van der Waals surface area (Å²) in [5.41, 5.74) is 0. The second-order valence-corrected chi connectivity index (χ2v) is 4.74. The normalized spacial score (nSPS) is 14.6. The molecule has 0 spiro atoms. The van der Waals surface area contributed by atoms with Gasteiger partial charge in [-0.1, -0.05) is 6.07 Å². The molecule has 2 N–H and O–H groups in total. The summed E-state index contributed by atoms with van der Waals surface area (Å²) in [6.45, 7) is 3.88. The Kier molecular flexibility index (Phi) is 4.78. The molecule has 0 saturated carbocycles. The van der Waals surface area contributed by atoms with Crippen molar-refractivity contribution >= 4 is 17.2 Å². The molecule has 1 aromatic rings. The van der Waals surface area contributed by atoms with Gasteiger partial charge >= 0.3 is 0 Å². The zero-order valence-corrected chi connectivity index (χ0v) is 10.2. The van der Waals surface area contributed by atoms with Gasteiger partial charge in [0.05, 0.1) is 6.04 Å². The minimum atomic E-state index is -0.129. The summed E-state index contributed by atoms with van der Waals surface area (Å²) in [7, 11) is 1.79. The van der Waals surface area contributed by atoms with Gasteiger partial charge in [0.2, 0.25) is 5.91 Å². The van der Waals surface area contributed by atoms with Gasteiger partial charge in [0.15, 0.2) is 0 Å². The number of carbonyl (C=O) groups is 1. The van der Waals surface area contributed by atoms with Crippen LogP contribution in [0.4, 0.5) is 0 Å². The van der Waals surface area contributed by atoms with E-state index in [9.17, 15) is 4.79 Å². The number of amides is 1. The van der Waals surface area contributed by atoms with Crippen molar-refractivity contribution in [2.24, 2.45) is 0 Å². The Morgan fingerprint density at radius 2 is 2.27 bits per heavy atom. The number of hydrogen-bond acceptors (Lipinski definition) is 3. The topological polar surface area (TPSA) is 41.1 Å². The van der Waals surface area contributed by atoms with Crippen molar-refractivity contribution in [3.63, 3.8) is 0 Å². The van der Waals surface area contributed by atoms with Gasteiger partial charge < -0.3 is 10.6 Å². The molecule has 0 aliphatic rings. The first-order valence-electron chi connectivity index (χ1n) is 5.13. The molecule has 0 radical (unpaired) electrons. The van der Waals surface area contributed by atoms with E-state index in [0.29, 0.717) is 0 Å². The second kappa shape index (κ2) is 5.88. The Morgan fingerprint density at radius 3 is 2.80 bits per heavy atom. The highest BCUT2D eigenvalue weighted by molar-refractivity contribution is 7.09. The molecular formula is C11H18N2OS. The predicted molar refractivity (Wildman–Crippen MR) is 64.1 cm³/mol. The second-order valence-electron chi connectivity index (χ2n) is 3.70. The summed E-state index contributed by atoms with van der Waals surface area (Å²) in [5, 5.41) is 7.95. The molecule has 0 aromatic carbocycles. The minimum Gasteiger partial charge on any atom is -0.352 e. The highest BCUT2D eigenvalue weighted by Crippen LogP contribution is 2.10. The summed E-state index contributed by atoms with van der Waals surface area (Å²) in [6.07, 6.45) is 0.903. The predicted octanol–water partition coefficient (Wildman–Crippen LogP) is 1.40. The molecule has 1 amide bonds. The summed E-state index contributed by atoms with van der Waals surface area (Å²) < 4.78 is 0. The molecule has 84 valence electrons. The van der Waals surface area contributed by atoms with Crippen molar-refractivity contribution in [2.75, 3.05) is 7.05 Å². The van der Waals surface area contributed by atoms with E-state index in [4.69, 9.17) is 0 Å². The van der Waals surface area contributed by atoms with Crippen molar-refractivity contribution in [2.45, 2.75) is 32.4 Å². The maximum atomic E-state index is 11.5. The summed E-state index contributed by atoms with van der Waals surface area (Å²) >= 11 is 1.73. The van der Waals surface area contributed by atoms with Crippen LogP contribution in [0.15, 0.2) is 17.5 Å². The molecule has 0 aliphatic heterocycles. The Morgan fingerprint density at radius 1 is 1.53 bits per heavy atom. The lowest BCUT2D eigenvalue weighted by atomic mass is 10.2. The van der Waals surface area contributed by atoms with Crippen LogP contribution in [0.2, 0.25) is 0 Å². The van der Waals surface area contributed by atoms with E-state index in [2.05, 4.69) is 22.1 Å². The first-order valence-corrected chi connectivity index (χ1v) is 6.01. The first-order chi connectivity index (χ1) is 7.13. The van der Waals surface area contributed by atoms with Crippen LogP contribution in [0.1, 0.15) is 18.7 Å². The molecule has 0 saturated heterocycles. The molecule has 4 heteroatoms. The number of rotatable bonds is 5. The van der Waals surface area contributed by atoms with Gasteiger partial charge in [-0.3, -0.25) is 4.79 Å². The summed E-state index contributed by atoms with van der Waals surface area (Å²) in [6, 6.07) is 4.18. The zero-order chi connectivity index (χ0) is 11.3. The quantitative estimate of drug-likeness (QED) is 0.797. The van der Waals surface area contributed by atoms with E-state index in [0.717, 1.165) is 6.42 Å². The zero-order valence-electron chi connectivity index (χ0n) is 9.41. The SMILES string of the molecule is CNC(C)C(=O)NC(C)Cc1cccs1. The van der Waals surface area contributed by atoms with Crippen molar-refractivity contribution in [3.05, 3.63) is 22.4 Å². The van der Waals surface area contributed by atoms with Crippen molar-refractivity contribution in [1.82, 2.24) is 10.6 Å². The van der Waals surface area contributed by atoms with Gasteiger partial charge in [-0.2, -0.15) is 0 Å². The molecule has 2 unspecified atom stereocenters. The molecular weight excluding hydrogens is 208 g/mol. The van der Waals surface area contributed by atoms with Crippen LogP contribution in [-0.4, -0.2) is 25.0 Å². The van der Waals surface area contributed by atoms with E-state index in [1.165, 1.54) is 4.88 Å². The Labute approximate surface area is 94.9 Å². The number of likely N-dealkylation sites (N-methyl/N-ethyl adjacent to an activating group) is 1. The number of thiophene rings is 1. The highest BCUT2D eigenvalue weighted by atomic mass is 32.1.